The number of rotatable bonds is 8. The normalized spacial score (nSPS) is 17.1. The maximum atomic E-state index is 13.2. The average molecular weight is 516 g/mol. The highest BCUT2D eigenvalue weighted by atomic mass is 35.5. The molecular formula is C29H30ClN5O2. The summed E-state index contributed by atoms with van der Waals surface area (Å²) < 4.78 is 5.41. The molecule has 2 fully saturated rings. The molecule has 2 aliphatic rings. The second-order valence-electron chi connectivity index (χ2n) is 10.6. The summed E-state index contributed by atoms with van der Waals surface area (Å²) in [6.07, 6.45) is 3.24. The lowest BCUT2D eigenvalue weighted by molar-refractivity contribution is 0.0907. The lowest BCUT2D eigenvalue weighted by Gasteiger charge is -2.36. The van der Waals surface area contributed by atoms with Gasteiger partial charge in [0.25, 0.3) is 0 Å². The van der Waals surface area contributed by atoms with Crippen LogP contribution < -0.4 is 5.32 Å². The fourth-order valence-electron chi connectivity index (χ4n) is 5.48. The SMILES string of the molecule is Cc1noc(C)c1-c1ccc2nc(C(=O)CCC3CN(C)C3)nc(NC3(c4cccc(Cl)c4)CC3)c2c1. The number of nitrogens with zero attached hydrogens (tertiary/aromatic N) is 4. The summed E-state index contributed by atoms with van der Waals surface area (Å²) in [5, 5.41) is 9.39. The van der Waals surface area contributed by atoms with Crippen LogP contribution in [-0.2, 0) is 5.54 Å². The number of likely N-dealkylation sites (tertiary alicyclic amines) is 1. The van der Waals surface area contributed by atoms with E-state index in [0.717, 1.165) is 71.4 Å². The zero-order valence-corrected chi connectivity index (χ0v) is 22.1. The predicted octanol–water partition coefficient (Wildman–Crippen LogP) is 6.18. The predicted molar refractivity (Wildman–Crippen MR) is 145 cm³/mol. The van der Waals surface area contributed by atoms with Crippen LogP contribution in [0.3, 0.4) is 0 Å². The highest BCUT2D eigenvalue weighted by molar-refractivity contribution is 6.30. The van der Waals surface area contributed by atoms with E-state index in [1.807, 2.05) is 44.2 Å². The van der Waals surface area contributed by atoms with Gasteiger partial charge in [0.15, 0.2) is 11.6 Å². The summed E-state index contributed by atoms with van der Waals surface area (Å²) in [5.41, 5.74) is 4.38. The minimum atomic E-state index is -0.262. The first-order chi connectivity index (χ1) is 17.8. The Bertz CT molecular complexity index is 1480. The van der Waals surface area contributed by atoms with Crippen molar-refractivity contribution in [3.8, 4) is 11.1 Å². The molecule has 6 rings (SSSR count). The van der Waals surface area contributed by atoms with Crippen LogP contribution in [-0.4, -0.2) is 45.9 Å². The zero-order valence-electron chi connectivity index (χ0n) is 21.3. The minimum Gasteiger partial charge on any atom is -0.361 e. The molecule has 37 heavy (non-hydrogen) atoms. The summed E-state index contributed by atoms with van der Waals surface area (Å²) in [4.78, 5) is 25.0. The van der Waals surface area contributed by atoms with Gasteiger partial charge in [-0.1, -0.05) is 35.0 Å². The Balaban J connectivity index is 1.40. The van der Waals surface area contributed by atoms with E-state index >= 15 is 0 Å². The number of carbonyl (C=O) groups excluding carboxylic acids is 1. The standard InChI is InChI=1S/C29H30ClN5O2/c1-17-26(18(2)37-34-17)20-8-9-24-23(13-20)27(33-29(11-12-29)21-5-4-6-22(30)14-21)32-28(31-24)25(36)10-7-19-15-35(3)16-19/h4-6,8-9,13-14,19H,7,10-12,15-16H2,1-3H3,(H,31,32,33). The molecule has 1 N–H and O–H groups in total. The first-order valence-corrected chi connectivity index (χ1v) is 13.2. The maximum Gasteiger partial charge on any atom is 0.200 e. The molecule has 0 atom stereocenters. The molecule has 0 bridgehead atoms. The van der Waals surface area contributed by atoms with Crippen LogP contribution in [0.15, 0.2) is 47.0 Å². The molecule has 4 aromatic rings. The first-order valence-electron chi connectivity index (χ1n) is 12.8. The number of hydrogen-bond donors (Lipinski definition) is 1. The average Bonchev–Trinajstić information content (AvgIpc) is 3.57. The molecule has 0 amide bonds. The minimum absolute atomic E-state index is 0.0121. The third-order valence-electron chi connectivity index (χ3n) is 7.67. The lowest BCUT2D eigenvalue weighted by Crippen LogP contribution is -2.43. The molecule has 2 aromatic heterocycles. The van der Waals surface area contributed by atoms with Gasteiger partial charge in [-0.15, -0.1) is 0 Å². The van der Waals surface area contributed by atoms with Gasteiger partial charge in [-0.2, -0.15) is 0 Å². The van der Waals surface area contributed by atoms with Crippen LogP contribution in [0.2, 0.25) is 5.02 Å². The van der Waals surface area contributed by atoms with Gasteiger partial charge in [0.2, 0.25) is 0 Å². The van der Waals surface area contributed by atoms with Crippen molar-refractivity contribution in [3.63, 3.8) is 0 Å². The van der Waals surface area contributed by atoms with E-state index in [0.29, 0.717) is 23.2 Å². The molecule has 8 heteroatoms. The Morgan fingerprint density at radius 1 is 1.16 bits per heavy atom. The monoisotopic (exact) mass is 515 g/mol. The lowest BCUT2D eigenvalue weighted by atomic mass is 9.94. The van der Waals surface area contributed by atoms with Crippen LogP contribution in [0.4, 0.5) is 5.82 Å². The second kappa shape index (κ2) is 9.23. The number of nitrogens with one attached hydrogen (secondary N) is 1. The van der Waals surface area contributed by atoms with E-state index in [1.54, 1.807) is 0 Å². The van der Waals surface area contributed by atoms with Gasteiger partial charge >= 0.3 is 0 Å². The van der Waals surface area contributed by atoms with Crippen LogP contribution in [0.5, 0.6) is 0 Å². The molecule has 2 aromatic carbocycles. The maximum absolute atomic E-state index is 13.2. The number of aryl methyl sites for hydroxylation is 2. The summed E-state index contributed by atoms with van der Waals surface area (Å²) in [6, 6.07) is 14.0. The number of aromatic nitrogens is 3. The van der Waals surface area contributed by atoms with E-state index in [1.165, 1.54) is 0 Å². The van der Waals surface area contributed by atoms with Crippen molar-refractivity contribution in [1.82, 2.24) is 20.0 Å². The molecule has 190 valence electrons. The zero-order chi connectivity index (χ0) is 25.7. The summed E-state index contributed by atoms with van der Waals surface area (Å²) >= 11 is 6.32. The molecule has 3 heterocycles. The van der Waals surface area contributed by atoms with Crippen molar-refractivity contribution in [2.24, 2.45) is 5.92 Å². The van der Waals surface area contributed by atoms with Crippen molar-refractivity contribution in [2.45, 2.75) is 45.1 Å². The number of anilines is 1. The number of fused-ring (bicyclic) bond motifs is 1. The number of halogens is 1. The van der Waals surface area contributed by atoms with E-state index in [9.17, 15) is 4.79 Å². The number of hydrogen-bond acceptors (Lipinski definition) is 7. The van der Waals surface area contributed by atoms with Crippen molar-refractivity contribution < 1.29 is 9.32 Å². The molecule has 0 unspecified atom stereocenters. The smallest absolute Gasteiger partial charge is 0.200 e. The number of carbonyl (C=O) groups is 1. The van der Waals surface area contributed by atoms with Crippen molar-refractivity contribution in [3.05, 3.63) is 70.3 Å². The molecule has 1 aliphatic carbocycles. The Hall–Kier alpha value is -3.29. The van der Waals surface area contributed by atoms with Gasteiger partial charge < -0.3 is 14.7 Å². The molecule has 1 saturated carbocycles. The van der Waals surface area contributed by atoms with Crippen LogP contribution in [0.1, 0.15) is 53.3 Å². The second-order valence-corrected chi connectivity index (χ2v) is 11.0. The molecule has 1 saturated heterocycles. The number of Topliss-reactive ketones (excluding diaryl/α,β-unsaturated/α-hetero) is 1. The van der Waals surface area contributed by atoms with Gasteiger partial charge in [-0.3, -0.25) is 4.79 Å². The van der Waals surface area contributed by atoms with Gasteiger partial charge in [0.1, 0.15) is 11.6 Å². The fourth-order valence-corrected chi connectivity index (χ4v) is 5.67. The largest absolute Gasteiger partial charge is 0.361 e. The summed E-state index contributed by atoms with van der Waals surface area (Å²) in [7, 11) is 2.10. The van der Waals surface area contributed by atoms with E-state index < -0.39 is 0 Å². The number of ketones is 1. The molecule has 1 aliphatic heterocycles. The van der Waals surface area contributed by atoms with Gasteiger partial charge in [-0.05, 0) is 81.5 Å². The highest BCUT2D eigenvalue weighted by Crippen LogP contribution is 2.49. The quantitative estimate of drug-likeness (QED) is 0.280. The molecule has 0 spiro atoms. The third kappa shape index (κ3) is 4.62. The Morgan fingerprint density at radius 2 is 1.97 bits per heavy atom. The highest BCUT2D eigenvalue weighted by Gasteiger charge is 2.45. The Morgan fingerprint density at radius 3 is 2.65 bits per heavy atom. The summed E-state index contributed by atoms with van der Waals surface area (Å²) in [5.74, 6) is 2.26. The van der Waals surface area contributed by atoms with Gasteiger partial charge in [0.05, 0.1) is 16.7 Å². The van der Waals surface area contributed by atoms with Crippen LogP contribution in [0.25, 0.3) is 22.0 Å². The molecular weight excluding hydrogens is 486 g/mol. The first kappa shape index (κ1) is 24.1. The Labute approximate surface area is 221 Å². The molecule has 7 nitrogen and oxygen atoms in total. The van der Waals surface area contributed by atoms with E-state index in [2.05, 4.69) is 34.6 Å². The van der Waals surface area contributed by atoms with Crippen molar-refractivity contribution in [2.75, 3.05) is 25.5 Å². The number of benzene rings is 2. The molecule has 0 radical (unpaired) electrons. The van der Waals surface area contributed by atoms with E-state index in [-0.39, 0.29) is 17.1 Å². The van der Waals surface area contributed by atoms with Crippen LogP contribution in [0, 0.1) is 19.8 Å². The fraction of sp³-hybridized carbons (Fsp3) is 0.379. The van der Waals surface area contributed by atoms with E-state index in [4.69, 9.17) is 26.1 Å². The van der Waals surface area contributed by atoms with Crippen LogP contribution >= 0.6 is 11.6 Å². The van der Waals surface area contributed by atoms with Crippen molar-refractivity contribution >= 4 is 34.1 Å². The third-order valence-corrected chi connectivity index (χ3v) is 7.91. The van der Waals surface area contributed by atoms with Crippen molar-refractivity contribution in [1.29, 1.82) is 0 Å². The Kier molecular flexibility index (Phi) is 6.00. The summed E-state index contributed by atoms with van der Waals surface area (Å²) in [6.45, 7) is 5.94. The van der Waals surface area contributed by atoms with Gasteiger partial charge in [0, 0.05) is 35.5 Å². The topological polar surface area (TPSA) is 84.2 Å². The van der Waals surface area contributed by atoms with Gasteiger partial charge in [-0.25, -0.2) is 9.97 Å².